The van der Waals surface area contributed by atoms with E-state index in [2.05, 4.69) is 23.3 Å². The van der Waals surface area contributed by atoms with E-state index in [1.54, 1.807) is 13.2 Å². The van der Waals surface area contributed by atoms with E-state index < -0.39 is 0 Å². The molecule has 0 aromatic heterocycles. The lowest BCUT2D eigenvalue weighted by molar-refractivity contribution is 0.0850. The molecular weight excluding hydrogens is 283 g/mol. The van der Waals surface area contributed by atoms with Crippen LogP contribution in [0.2, 0.25) is 0 Å². The molecule has 22 heavy (non-hydrogen) atoms. The number of ether oxygens (including phenoxy) is 1. The van der Waals surface area contributed by atoms with E-state index in [-0.39, 0.29) is 18.5 Å². The summed E-state index contributed by atoms with van der Waals surface area (Å²) in [6, 6.07) is 4.64. The minimum absolute atomic E-state index is 0.0911. The van der Waals surface area contributed by atoms with E-state index in [9.17, 15) is 9.50 Å². The Labute approximate surface area is 132 Å². The van der Waals surface area contributed by atoms with E-state index in [1.165, 1.54) is 12.1 Å². The van der Waals surface area contributed by atoms with Crippen molar-refractivity contribution in [1.29, 1.82) is 0 Å². The van der Waals surface area contributed by atoms with Crippen molar-refractivity contribution in [3.05, 3.63) is 47.9 Å². The second kappa shape index (κ2) is 9.56. The number of hydrogen-bond donors (Lipinski definition) is 1. The average Bonchev–Trinajstić information content (AvgIpc) is 2.51. The van der Waals surface area contributed by atoms with Crippen LogP contribution in [0.4, 0.5) is 4.39 Å². The van der Waals surface area contributed by atoms with Crippen molar-refractivity contribution in [3.63, 3.8) is 0 Å². The normalized spacial score (nSPS) is 12.5. The molecule has 0 bridgehead atoms. The maximum absolute atomic E-state index is 13.5. The van der Waals surface area contributed by atoms with Gasteiger partial charge in [0, 0.05) is 26.7 Å². The summed E-state index contributed by atoms with van der Waals surface area (Å²) in [5.41, 5.74) is 1.55. The van der Waals surface area contributed by atoms with Gasteiger partial charge in [-0.3, -0.25) is 4.90 Å². The Morgan fingerprint density at radius 3 is 2.68 bits per heavy atom. The van der Waals surface area contributed by atoms with E-state index in [0.717, 1.165) is 24.2 Å². The third-order valence-corrected chi connectivity index (χ3v) is 3.85. The SMILES string of the molecule is C=CN(CC)C[C@H](COC)N(C)Cc1cc(F)ccc1CO. The third kappa shape index (κ3) is 5.40. The van der Waals surface area contributed by atoms with Crippen LogP contribution in [0.5, 0.6) is 0 Å². The molecule has 0 aliphatic carbocycles. The predicted octanol–water partition coefficient (Wildman–Crippen LogP) is 2.23. The molecule has 4 nitrogen and oxygen atoms in total. The number of benzene rings is 1. The van der Waals surface area contributed by atoms with Gasteiger partial charge >= 0.3 is 0 Å². The fourth-order valence-corrected chi connectivity index (χ4v) is 2.41. The molecule has 0 spiro atoms. The predicted molar refractivity (Wildman–Crippen MR) is 86.9 cm³/mol. The van der Waals surface area contributed by atoms with Gasteiger partial charge < -0.3 is 14.7 Å². The Balaban J connectivity index is 2.84. The summed E-state index contributed by atoms with van der Waals surface area (Å²) in [6.45, 7) is 8.58. The first kappa shape index (κ1) is 18.6. The zero-order valence-corrected chi connectivity index (χ0v) is 13.8. The Kier molecular flexibility index (Phi) is 8.09. The maximum atomic E-state index is 13.5. The summed E-state index contributed by atoms with van der Waals surface area (Å²) in [6.07, 6.45) is 1.82. The second-order valence-electron chi connectivity index (χ2n) is 5.37. The fraction of sp³-hybridized carbons (Fsp3) is 0.529. The number of likely N-dealkylation sites (N-methyl/N-ethyl adjacent to an activating group) is 2. The van der Waals surface area contributed by atoms with Crippen molar-refractivity contribution in [2.75, 3.05) is 33.9 Å². The van der Waals surface area contributed by atoms with Gasteiger partial charge in [-0.1, -0.05) is 12.6 Å². The highest BCUT2D eigenvalue weighted by Crippen LogP contribution is 2.15. The van der Waals surface area contributed by atoms with Gasteiger partial charge in [0.05, 0.1) is 19.3 Å². The lowest BCUT2D eigenvalue weighted by Crippen LogP contribution is -2.43. The zero-order valence-electron chi connectivity index (χ0n) is 13.8. The Hall–Kier alpha value is -1.43. The van der Waals surface area contributed by atoms with E-state index >= 15 is 0 Å². The molecule has 1 aromatic carbocycles. The van der Waals surface area contributed by atoms with Gasteiger partial charge in [0.1, 0.15) is 5.82 Å². The van der Waals surface area contributed by atoms with Crippen LogP contribution in [0.15, 0.2) is 31.0 Å². The van der Waals surface area contributed by atoms with Crippen molar-refractivity contribution in [2.45, 2.75) is 26.1 Å². The number of nitrogens with zero attached hydrogens (tertiary/aromatic N) is 2. The number of hydrogen-bond acceptors (Lipinski definition) is 4. The lowest BCUT2D eigenvalue weighted by Gasteiger charge is -2.32. The van der Waals surface area contributed by atoms with Gasteiger partial charge in [-0.05, 0) is 43.4 Å². The van der Waals surface area contributed by atoms with Crippen LogP contribution in [0.3, 0.4) is 0 Å². The Bertz CT molecular complexity index is 468. The number of halogens is 1. The lowest BCUT2D eigenvalue weighted by atomic mass is 10.1. The molecule has 0 aliphatic rings. The number of aliphatic hydroxyl groups is 1. The monoisotopic (exact) mass is 310 g/mol. The van der Waals surface area contributed by atoms with Crippen LogP contribution in [0.1, 0.15) is 18.1 Å². The highest BCUT2D eigenvalue weighted by atomic mass is 19.1. The quantitative estimate of drug-likeness (QED) is 0.719. The zero-order chi connectivity index (χ0) is 16.5. The van der Waals surface area contributed by atoms with Gasteiger partial charge in [0.25, 0.3) is 0 Å². The van der Waals surface area contributed by atoms with E-state index in [1.807, 2.05) is 13.2 Å². The molecule has 0 saturated heterocycles. The molecule has 0 heterocycles. The minimum atomic E-state index is -0.287. The summed E-state index contributed by atoms with van der Waals surface area (Å²) in [4.78, 5) is 4.22. The summed E-state index contributed by atoms with van der Waals surface area (Å²) in [5, 5.41) is 9.40. The van der Waals surface area contributed by atoms with Crippen LogP contribution in [0.25, 0.3) is 0 Å². The van der Waals surface area contributed by atoms with Crippen molar-refractivity contribution < 1.29 is 14.2 Å². The third-order valence-electron chi connectivity index (χ3n) is 3.85. The van der Waals surface area contributed by atoms with Crippen molar-refractivity contribution in [3.8, 4) is 0 Å². The standard InChI is InChI=1S/C17H27FN2O2/c1-5-20(6-2)11-17(13-22-4)19(3)10-15-9-16(18)8-7-14(15)12-21/h5,7-9,17,21H,1,6,10-13H2,2-4H3/t17-/m1/s1. The van der Waals surface area contributed by atoms with Gasteiger partial charge in [-0.15, -0.1) is 0 Å². The number of rotatable bonds is 10. The van der Waals surface area contributed by atoms with Crippen molar-refractivity contribution in [1.82, 2.24) is 9.80 Å². The molecule has 0 fully saturated rings. The van der Waals surface area contributed by atoms with Crippen molar-refractivity contribution in [2.24, 2.45) is 0 Å². The van der Waals surface area contributed by atoms with Gasteiger partial charge in [0.15, 0.2) is 0 Å². The molecule has 0 radical (unpaired) electrons. The second-order valence-corrected chi connectivity index (χ2v) is 5.37. The number of aliphatic hydroxyl groups excluding tert-OH is 1. The molecule has 124 valence electrons. The molecule has 1 aromatic rings. The van der Waals surface area contributed by atoms with Crippen LogP contribution in [-0.4, -0.2) is 54.8 Å². The van der Waals surface area contributed by atoms with E-state index in [0.29, 0.717) is 13.2 Å². The smallest absolute Gasteiger partial charge is 0.123 e. The molecule has 0 unspecified atom stereocenters. The molecule has 0 saturated carbocycles. The van der Waals surface area contributed by atoms with Gasteiger partial charge in [-0.25, -0.2) is 4.39 Å². The van der Waals surface area contributed by atoms with Gasteiger partial charge in [0.2, 0.25) is 0 Å². The first-order valence-electron chi connectivity index (χ1n) is 7.49. The van der Waals surface area contributed by atoms with Gasteiger partial charge in [-0.2, -0.15) is 0 Å². The first-order chi connectivity index (χ1) is 10.5. The molecule has 1 N–H and O–H groups in total. The molecule has 0 amide bonds. The fourth-order valence-electron chi connectivity index (χ4n) is 2.41. The number of methoxy groups -OCH3 is 1. The largest absolute Gasteiger partial charge is 0.392 e. The molecular formula is C17H27FN2O2. The van der Waals surface area contributed by atoms with Crippen LogP contribution in [0, 0.1) is 5.82 Å². The van der Waals surface area contributed by atoms with Crippen molar-refractivity contribution >= 4 is 0 Å². The molecule has 5 heteroatoms. The highest BCUT2D eigenvalue weighted by molar-refractivity contribution is 5.27. The van der Waals surface area contributed by atoms with E-state index in [4.69, 9.17) is 4.74 Å². The molecule has 1 rings (SSSR count). The molecule has 1 atom stereocenters. The Morgan fingerprint density at radius 1 is 1.41 bits per heavy atom. The van der Waals surface area contributed by atoms with Crippen LogP contribution < -0.4 is 0 Å². The summed E-state index contributed by atoms with van der Waals surface area (Å²) in [5.74, 6) is -0.287. The van der Waals surface area contributed by atoms with Crippen LogP contribution >= 0.6 is 0 Å². The Morgan fingerprint density at radius 2 is 2.14 bits per heavy atom. The van der Waals surface area contributed by atoms with Crippen LogP contribution in [-0.2, 0) is 17.9 Å². The summed E-state index contributed by atoms with van der Waals surface area (Å²) < 4.78 is 18.8. The first-order valence-corrected chi connectivity index (χ1v) is 7.49. The average molecular weight is 310 g/mol. The maximum Gasteiger partial charge on any atom is 0.123 e. The summed E-state index contributed by atoms with van der Waals surface area (Å²) in [7, 11) is 3.65. The highest BCUT2D eigenvalue weighted by Gasteiger charge is 2.18. The summed E-state index contributed by atoms with van der Waals surface area (Å²) >= 11 is 0. The minimum Gasteiger partial charge on any atom is -0.392 e. The molecule has 0 aliphatic heterocycles. The topological polar surface area (TPSA) is 35.9 Å².